The molecule has 0 bridgehead atoms. The van der Waals surface area contributed by atoms with Crippen LogP contribution in [0.5, 0.6) is 0 Å². The van der Waals surface area contributed by atoms with Gasteiger partial charge >= 0.3 is 0 Å². The lowest BCUT2D eigenvalue weighted by Crippen LogP contribution is -2.35. The molecule has 0 radical (unpaired) electrons. The van der Waals surface area contributed by atoms with Crippen LogP contribution in [-0.2, 0) is 14.8 Å². The van der Waals surface area contributed by atoms with Gasteiger partial charge in [-0.05, 0) is 38.1 Å². The monoisotopic (exact) mass is 262 g/mol. The van der Waals surface area contributed by atoms with Gasteiger partial charge in [0.2, 0.25) is 10.0 Å². The molecule has 0 aliphatic carbocycles. The molecule has 17 heavy (non-hydrogen) atoms. The summed E-state index contributed by atoms with van der Waals surface area (Å²) in [4.78, 5) is 0. The minimum absolute atomic E-state index is 0.0893. The van der Waals surface area contributed by atoms with Crippen LogP contribution in [0.15, 0.2) is 0 Å². The third-order valence-electron chi connectivity index (χ3n) is 3.64. The second kappa shape index (κ2) is 5.65. The van der Waals surface area contributed by atoms with E-state index in [1.165, 1.54) is 0 Å². The summed E-state index contributed by atoms with van der Waals surface area (Å²) in [5.74, 6) is 0.599. The first kappa shape index (κ1) is 13.3. The molecule has 2 saturated heterocycles. The summed E-state index contributed by atoms with van der Waals surface area (Å²) in [6.07, 6.45) is 3.64. The van der Waals surface area contributed by atoms with Crippen molar-refractivity contribution >= 4 is 10.0 Å². The summed E-state index contributed by atoms with van der Waals surface area (Å²) in [5.41, 5.74) is 5.51. The Labute approximate surface area is 103 Å². The molecule has 0 aromatic carbocycles. The van der Waals surface area contributed by atoms with E-state index in [1.54, 1.807) is 4.31 Å². The molecule has 2 rings (SSSR count). The Kier molecular flexibility index (Phi) is 4.41. The van der Waals surface area contributed by atoms with E-state index in [4.69, 9.17) is 10.5 Å². The number of ether oxygens (including phenoxy) is 1. The minimum Gasteiger partial charge on any atom is -0.377 e. The van der Waals surface area contributed by atoms with Crippen LogP contribution in [0.2, 0.25) is 0 Å². The lowest BCUT2D eigenvalue weighted by molar-refractivity contribution is 0.126. The highest BCUT2D eigenvalue weighted by molar-refractivity contribution is 7.89. The molecule has 2 aliphatic rings. The van der Waals surface area contributed by atoms with E-state index in [9.17, 15) is 8.42 Å². The average molecular weight is 262 g/mol. The molecule has 0 aromatic rings. The van der Waals surface area contributed by atoms with Crippen molar-refractivity contribution in [2.24, 2.45) is 11.7 Å². The molecule has 2 heterocycles. The van der Waals surface area contributed by atoms with Crippen LogP contribution in [0.4, 0.5) is 0 Å². The zero-order valence-corrected chi connectivity index (χ0v) is 11.0. The second-order valence-electron chi connectivity index (χ2n) is 5.00. The highest BCUT2D eigenvalue weighted by Crippen LogP contribution is 2.24. The van der Waals surface area contributed by atoms with E-state index in [2.05, 4.69) is 0 Å². The van der Waals surface area contributed by atoms with Crippen LogP contribution in [0, 0.1) is 5.92 Å². The topological polar surface area (TPSA) is 72.6 Å². The minimum atomic E-state index is -3.13. The Morgan fingerprint density at radius 2 is 2.18 bits per heavy atom. The van der Waals surface area contributed by atoms with Crippen LogP contribution < -0.4 is 5.73 Å². The molecule has 2 unspecified atom stereocenters. The fourth-order valence-electron chi connectivity index (χ4n) is 2.64. The standard InChI is InChI=1S/C11H22N2O3S/c12-5-3-10-4-6-13(8-10)17(14,15)9-11-2-1-7-16-11/h10-11H,1-9,12H2. The Hall–Kier alpha value is -0.170. The van der Waals surface area contributed by atoms with Crippen LogP contribution in [-0.4, -0.2) is 50.8 Å². The highest BCUT2D eigenvalue weighted by Gasteiger charge is 2.33. The fourth-order valence-corrected chi connectivity index (χ4v) is 4.40. The normalized spacial score (nSPS) is 31.1. The first-order chi connectivity index (χ1) is 8.12. The van der Waals surface area contributed by atoms with Gasteiger partial charge in [-0.3, -0.25) is 0 Å². The van der Waals surface area contributed by atoms with Crippen LogP contribution in [0.3, 0.4) is 0 Å². The van der Waals surface area contributed by atoms with E-state index in [0.717, 1.165) is 25.7 Å². The van der Waals surface area contributed by atoms with Crippen molar-refractivity contribution in [2.45, 2.75) is 31.8 Å². The van der Waals surface area contributed by atoms with Gasteiger partial charge in [-0.1, -0.05) is 0 Å². The second-order valence-corrected chi connectivity index (χ2v) is 7.02. The van der Waals surface area contributed by atoms with Gasteiger partial charge in [-0.2, -0.15) is 0 Å². The Balaban J connectivity index is 1.87. The van der Waals surface area contributed by atoms with Gasteiger partial charge in [0, 0.05) is 19.7 Å². The highest BCUT2D eigenvalue weighted by atomic mass is 32.2. The van der Waals surface area contributed by atoms with Crippen molar-refractivity contribution in [2.75, 3.05) is 32.0 Å². The third-order valence-corrected chi connectivity index (χ3v) is 5.55. The molecule has 6 heteroatoms. The number of hydrogen-bond acceptors (Lipinski definition) is 4. The molecule has 0 saturated carbocycles. The molecular formula is C11H22N2O3S. The molecule has 2 fully saturated rings. The van der Waals surface area contributed by atoms with Crippen molar-refractivity contribution in [3.8, 4) is 0 Å². The number of sulfonamides is 1. The summed E-state index contributed by atoms with van der Waals surface area (Å²) in [5, 5.41) is 0. The van der Waals surface area contributed by atoms with Crippen LogP contribution in [0.1, 0.15) is 25.7 Å². The summed E-state index contributed by atoms with van der Waals surface area (Å²) >= 11 is 0. The van der Waals surface area contributed by atoms with Gasteiger partial charge in [0.05, 0.1) is 11.9 Å². The molecule has 0 spiro atoms. The van der Waals surface area contributed by atoms with Gasteiger partial charge < -0.3 is 10.5 Å². The molecule has 0 amide bonds. The predicted octanol–water partition coefficient (Wildman–Crippen LogP) is 0.166. The largest absolute Gasteiger partial charge is 0.377 e. The first-order valence-corrected chi connectivity index (χ1v) is 8.02. The lowest BCUT2D eigenvalue weighted by Gasteiger charge is -2.18. The van der Waals surface area contributed by atoms with Crippen molar-refractivity contribution in [3.05, 3.63) is 0 Å². The molecule has 2 aliphatic heterocycles. The Morgan fingerprint density at radius 3 is 2.82 bits per heavy atom. The zero-order valence-electron chi connectivity index (χ0n) is 10.2. The molecule has 0 aromatic heterocycles. The van der Waals surface area contributed by atoms with Gasteiger partial charge in [0.15, 0.2) is 0 Å². The summed E-state index contributed by atoms with van der Waals surface area (Å²) in [6, 6.07) is 0. The quantitative estimate of drug-likeness (QED) is 0.766. The van der Waals surface area contributed by atoms with Crippen LogP contribution in [0.25, 0.3) is 0 Å². The molecule has 2 atom stereocenters. The van der Waals surface area contributed by atoms with E-state index in [-0.39, 0.29) is 11.9 Å². The fraction of sp³-hybridized carbons (Fsp3) is 1.00. The maximum Gasteiger partial charge on any atom is 0.216 e. The summed E-state index contributed by atoms with van der Waals surface area (Å²) in [6.45, 7) is 2.65. The third kappa shape index (κ3) is 3.40. The maximum atomic E-state index is 12.2. The first-order valence-electron chi connectivity index (χ1n) is 6.41. The molecule has 5 nitrogen and oxygen atoms in total. The zero-order chi connectivity index (χ0) is 12.3. The average Bonchev–Trinajstić information content (AvgIpc) is 2.88. The lowest BCUT2D eigenvalue weighted by atomic mass is 10.1. The van der Waals surface area contributed by atoms with E-state index in [0.29, 0.717) is 32.2 Å². The van der Waals surface area contributed by atoms with Gasteiger partial charge in [0.1, 0.15) is 0 Å². The number of nitrogens with zero attached hydrogens (tertiary/aromatic N) is 1. The maximum absolute atomic E-state index is 12.2. The van der Waals surface area contributed by atoms with Crippen molar-refractivity contribution in [1.29, 1.82) is 0 Å². The van der Waals surface area contributed by atoms with Gasteiger partial charge in [-0.15, -0.1) is 0 Å². The van der Waals surface area contributed by atoms with Gasteiger partial charge in [0.25, 0.3) is 0 Å². The number of nitrogens with two attached hydrogens (primary N) is 1. The summed E-state index contributed by atoms with van der Waals surface area (Å²) in [7, 11) is -3.13. The van der Waals surface area contributed by atoms with Crippen molar-refractivity contribution in [3.63, 3.8) is 0 Å². The Morgan fingerprint density at radius 1 is 1.35 bits per heavy atom. The number of rotatable bonds is 5. The predicted molar refractivity (Wildman–Crippen MR) is 66.1 cm³/mol. The van der Waals surface area contributed by atoms with Crippen molar-refractivity contribution < 1.29 is 13.2 Å². The number of hydrogen-bond donors (Lipinski definition) is 1. The van der Waals surface area contributed by atoms with E-state index >= 15 is 0 Å². The molecule has 2 N–H and O–H groups in total. The SMILES string of the molecule is NCCC1CCN(S(=O)(=O)CC2CCCO2)C1. The van der Waals surface area contributed by atoms with Gasteiger partial charge in [-0.25, -0.2) is 12.7 Å². The summed E-state index contributed by atoms with van der Waals surface area (Å²) < 4.78 is 31.3. The molecule has 100 valence electrons. The van der Waals surface area contributed by atoms with Crippen molar-refractivity contribution in [1.82, 2.24) is 4.31 Å². The van der Waals surface area contributed by atoms with E-state index < -0.39 is 10.0 Å². The Bertz CT molecular complexity index is 339. The smallest absolute Gasteiger partial charge is 0.216 e. The van der Waals surface area contributed by atoms with Crippen LogP contribution >= 0.6 is 0 Å². The van der Waals surface area contributed by atoms with E-state index in [1.807, 2.05) is 0 Å². The molecular weight excluding hydrogens is 240 g/mol.